The normalized spacial score (nSPS) is 12.9. The number of aromatic nitrogens is 2. The van der Waals surface area contributed by atoms with Crippen LogP contribution < -0.4 is 5.32 Å². The van der Waals surface area contributed by atoms with Crippen LogP contribution in [0.25, 0.3) is 0 Å². The molecule has 0 amide bonds. The van der Waals surface area contributed by atoms with E-state index >= 15 is 0 Å². The van der Waals surface area contributed by atoms with Gasteiger partial charge in [0.2, 0.25) is 0 Å². The molecule has 1 aromatic heterocycles. The minimum absolute atomic E-state index is 0.625. The average Bonchev–Trinajstić information content (AvgIpc) is 2.52. The molecule has 0 saturated heterocycles. The Morgan fingerprint density at radius 1 is 1.82 bits per heavy atom. The van der Waals surface area contributed by atoms with Crippen molar-refractivity contribution in [1.82, 2.24) is 9.97 Å². The van der Waals surface area contributed by atoms with Gasteiger partial charge in [-0.25, -0.2) is 4.98 Å². The van der Waals surface area contributed by atoms with Gasteiger partial charge in [-0.2, -0.15) is 11.8 Å². The van der Waals surface area contributed by atoms with Gasteiger partial charge in [0, 0.05) is 24.2 Å². The van der Waals surface area contributed by atoms with Gasteiger partial charge >= 0.3 is 0 Å². The van der Waals surface area contributed by atoms with Crippen LogP contribution in [0, 0.1) is 0 Å². The van der Waals surface area contributed by atoms with Gasteiger partial charge in [0.1, 0.15) is 0 Å². The molecule has 1 rings (SSSR count). The maximum absolute atomic E-state index is 4.05. The van der Waals surface area contributed by atoms with E-state index in [0.717, 1.165) is 12.5 Å². The number of aromatic amines is 1. The van der Waals surface area contributed by atoms with Gasteiger partial charge in [0.15, 0.2) is 5.95 Å². The minimum atomic E-state index is 0.625. The molecular formula is C7H13N3S. The number of anilines is 1. The summed E-state index contributed by atoms with van der Waals surface area (Å²) in [4.78, 5) is 7.03. The molecule has 0 radical (unpaired) electrons. The summed E-state index contributed by atoms with van der Waals surface area (Å²) < 4.78 is 0. The summed E-state index contributed by atoms with van der Waals surface area (Å²) in [5.74, 6) is 0.853. The summed E-state index contributed by atoms with van der Waals surface area (Å²) in [6, 6.07) is 0. The zero-order chi connectivity index (χ0) is 8.10. The van der Waals surface area contributed by atoms with Gasteiger partial charge in [-0.05, 0) is 6.26 Å². The molecule has 4 heteroatoms. The minimum Gasteiger partial charge on any atom is -0.355 e. The van der Waals surface area contributed by atoms with Crippen molar-refractivity contribution in [1.29, 1.82) is 0 Å². The van der Waals surface area contributed by atoms with Gasteiger partial charge in [0.05, 0.1) is 0 Å². The molecule has 0 aromatic carbocycles. The third-order valence-corrected chi connectivity index (χ3v) is 2.43. The summed E-state index contributed by atoms with van der Waals surface area (Å²) >= 11 is 1.84. The first-order valence-corrected chi connectivity index (χ1v) is 4.87. The molecule has 62 valence electrons. The Kier molecular flexibility index (Phi) is 3.29. The zero-order valence-electron chi connectivity index (χ0n) is 6.79. The standard InChI is InChI=1S/C7H13N3S/c1-6(11-2)5-10-7-8-3-4-9-7/h3-4,6H,5H2,1-2H3,(H2,8,9,10). The molecule has 0 aliphatic carbocycles. The molecule has 0 saturated carbocycles. The molecule has 1 atom stereocenters. The Morgan fingerprint density at radius 3 is 3.18 bits per heavy atom. The number of nitrogens with one attached hydrogen (secondary N) is 2. The third-order valence-electron chi connectivity index (χ3n) is 1.46. The zero-order valence-corrected chi connectivity index (χ0v) is 7.61. The summed E-state index contributed by atoms with van der Waals surface area (Å²) in [6.45, 7) is 3.13. The van der Waals surface area contributed by atoms with Crippen molar-refractivity contribution in [3.63, 3.8) is 0 Å². The maximum atomic E-state index is 4.05. The second-order valence-electron chi connectivity index (χ2n) is 2.37. The van der Waals surface area contributed by atoms with E-state index in [1.54, 1.807) is 6.20 Å². The van der Waals surface area contributed by atoms with E-state index in [-0.39, 0.29) is 0 Å². The second kappa shape index (κ2) is 4.28. The van der Waals surface area contributed by atoms with Crippen LogP contribution in [-0.4, -0.2) is 28.0 Å². The monoisotopic (exact) mass is 171 g/mol. The van der Waals surface area contributed by atoms with E-state index in [4.69, 9.17) is 0 Å². The van der Waals surface area contributed by atoms with Crippen LogP contribution in [0.3, 0.4) is 0 Å². The summed E-state index contributed by atoms with van der Waals surface area (Å²) in [5, 5.41) is 3.81. The third kappa shape index (κ3) is 2.84. The lowest BCUT2D eigenvalue weighted by atomic mass is 10.5. The fourth-order valence-electron chi connectivity index (χ4n) is 0.686. The van der Waals surface area contributed by atoms with Crippen molar-refractivity contribution in [2.75, 3.05) is 18.1 Å². The molecule has 0 bridgehead atoms. The fourth-order valence-corrected chi connectivity index (χ4v) is 0.936. The van der Waals surface area contributed by atoms with Crippen LogP contribution in [0.5, 0.6) is 0 Å². The molecule has 3 nitrogen and oxygen atoms in total. The SMILES string of the molecule is CSC(C)CNc1ncc[nH]1. The summed E-state index contributed by atoms with van der Waals surface area (Å²) in [6.07, 6.45) is 5.66. The first-order chi connectivity index (χ1) is 5.33. The van der Waals surface area contributed by atoms with Crippen molar-refractivity contribution in [3.05, 3.63) is 12.4 Å². The lowest BCUT2D eigenvalue weighted by Crippen LogP contribution is -2.13. The first-order valence-electron chi connectivity index (χ1n) is 3.59. The summed E-state index contributed by atoms with van der Waals surface area (Å²) in [5.41, 5.74) is 0. The molecule has 1 heterocycles. The molecule has 0 fully saturated rings. The average molecular weight is 171 g/mol. The van der Waals surface area contributed by atoms with Crippen molar-refractivity contribution in [2.24, 2.45) is 0 Å². The van der Waals surface area contributed by atoms with Crippen molar-refractivity contribution in [3.8, 4) is 0 Å². The quantitative estimate of drug-likeness (QED) is 0.722. The predicted octanol–water partition coefficient (Wildman–Crippen LogP) is 1.57. The van der Waals surface area contributed by atoms with E-state index < -0.39 is 0 Å². The Hall–Kier alpha value is -0.640. The van der Waals surface area contributed by atoms with Crippen molar-refractivity contribution < 1.29 is 0 Å². The molecule has 11 heavy (non-hydrogen) atoms. The first kappa shape index (κ1) is 8.46. The molecule has 2 N–H and O–H groups in total. The van der Waals surface area contributed by atoms with Crippen LogP contribution >= 0.6 is 11.8 Å². The molecule has 1 aromatic rings. The van der Waals surface area contributed by atoms with Gasteiger partial charge in [-0.1, -0.05) is 6.92 Å². The number of nitrogens with zero attached hydrogens (tertiary/aromatic N) is 1. The second-order valence-corrected chi connectivity index (χ2v) is 3.64. The van der Waals surface area contributed by atoms with Crippen molar-refractivity contribution in [2.45, 2.75) is 12.2 Å². The fraction of sp³-hybridized carbons (Fsp3) is 0.571. The Balaban J connectivity index is 2.23. The number of rotatable bonds is 4. The predicted molar refractivity (Wildman–Crippen MR) is 50.1 cm³/mol. The van der Waals surface area contributed by atoms with Gasteiger partial charge in [0.25, 0.3) is 0 Å². The Labute approximate surface area is 71.0 Å². The lowest BCUT2D eigenvalue weighted by molar-refractivity contribution is 0.984. The van der Waals surface area contributed by atoms with Crippen LogP contribution in [0.2, 0.25) is 0 Å². The van der Waals surface area contributed by atoms with Gasteiger partial charge in [-0.15, -0.1) is 0 Å². The molecule has 0 spiro atoms. The highest BCUT2D eigenvalue weighted by atomic mass is 32.2. The van der Waals surface area contributed by atoms with Crippen LogP contribution in [-0.2, 0) is 0 Å². The number of hydrogen-bond acceptors (Lipinski definition) is 3. The summed E-state index contributed by atoms with van der Waals surface area (Å²) in [7, 11) is 0. The van der Waals surface area contributed by atoms with Gasteiger partial charge < -0.3 is 10.3 Å². The Bertz CT molecular complexity index is 186. The lowest BCUT2D eigenvalue weighted by Gasteiger charge is -2.07. The highest BCUT2D eigenvalue weighted by molar-refractivity contribution is 7.99. The number of imidazole rings is 1. The van der Waals surface area contributed by atoms with E-state index in [1.165, 1.54) is 0 Å². The largest absolute Gasteiger partial charge is 0.355 e. The highest BCUT2D eigenvalue weighted by Crippen LogP contribution is 2.05. The molecule has 0 aliphatic rings. The van der Waals surface area contributed by atoms with E-state index in [1.807, 2.05) is 18.0 Å². The van der Waals surface area contributed by atoms with Crippen LogP contribution in [0.4, 0.5) is 5.95 Å². The van der Waals surface area contributed by atoms with Crippen LogP contribution in [0.1, 0.15) is 6.92 Å². The van der Waals surface area contributed by atoms with E-state index in [0.29, 0.717) is 5.25 Å². The van der Waals surface area contributed by atoms with Gasteiger partial charge in [-0.3, -0.25) is 0 Å². The van der Waals surface area contributed by atoms with Crippen molar-refractivity contribution >= 4 is 17.7 Å². The number of hydrogen-bond donors (Lipinski definition) is 2. The molecule has 1 unspecified atom stereocenters. The van der Waals surface area contributed by atoms with E-state index in [2.05, 4.69) is 28.5 Å². The maximum Gasteiger partial charge on any atom is 0.200 e. The number of thioether (sulfide) groups is 1. The van der Waals surface area contributed by atoms with Crippen LogP contribution in [0.15, 0.2) is 12.4 Å². The highest BCUT2D eigenvalue weighted by Gasteiger charge is 1.98. The Morgan fingerprint density at radius 2 is 2.64 bits per heavy atom. The van der Waals surface area contributed by atoms with E-state index in [9.17, 15) is 0 Å². The molecular weight excluding hydrogens is 158 g/mol. The molecule has 0 aliphatic heterocycles. The topological polar surface area (TPSA) is 40.7 Å². The number of H-pyrrole nitrogens is 1. The smallest absolute Gasteiger partial charge is 0.200 e.